The zero-order valence-electron chi connectivity index (χ0n) is 69.0. The zero-order valence-corrected chi connectivity index (χ0v) is 69.0. The van der Waals surface area contributed by atoms with Crippen LogP contribution in [0.1, 0.15) is 30.7 Å². The molecule has 126 heavy (non-hydrogen) atoms. The lowest BCUT2D eigenvalue weighted by atomic mass is 10.1. The molecule has 666 valence electrons. The molecule has 1 fully saturated rings. The van der Waals surface area contributed by atoms with Crippen molar-refractivity contribution in [3.05, 3.63) is 205 Å². The van der Waals surface area contributed by atoms with Gasteiger partial charge in [-0.05, 0) is 27.7 Å². The molecule has 59 nitrogen and oxygen atoms in total. The van der Waals surface area contributed by atoms with Gasteiger partial charge in [0.05, 0.1) is 43.4 Å². The summed E-state index contributed by atoms with van der Waals surface area (Å²) in [5.41, 5.74) is 56.7. The van der Waals surface area contributed by atoms with Crippen LogP contribution in [0.4, 0.5) is 56.5 Å². The second kappa shape index (κ2) is 42.4. The van der Waals surface area contributed by atoms with Gasteiger partial charge in [0.15, 0.2) is 40.7 Å². The fourth-order valence-corrected chi connectivity index (χ4v) is 9.66. The average molecular weight is 1750 g/mol. The summed E-state index contributed by atoms with van der Waals surface area (Å²) in [6.07, 6.45) is 22.4. The van der Waals surface area contributed by atoms with Crippen molar-refractivity contribution >= 4 is 134 Å². The Kier molecular flexibility index (Phi) is 31.9. The quantitative estimate of drug-likeness (QED) is 0.0671. The lowest BCUT2D eigenvalue weighted by molar-refractivity contribution is -0.115. The number of rotatable bonds is 0. The Balaban J connectivity index is 0.000000189. The van der Waals surface area contributed by atoms with Crippen LogP contribution in [-0.4, -0.2) is 217 Å². The van der Waals surface area contributed by atoms with E-state index in [1.165, 1.54) is 52.9 Å². The predicted molar refractivity (Wildman–Crippen MR) is 463 cm³/mol. The highest BCUT2D eigenvalue weighted by Crippen LogP contribution is 2.19. The van der Waals surface area contributed by atoms with E-state index in [-0.39, 0.29) is 106 Å². The topological polar surface area (TPSA) is 904 Å². The first kappa shape index (κ1) is 94.9. The Hall–Kier alpha value is -18.3. The van der Waals surface area contributed by atoms with Crippen LogP contribution < -0.4 is 129 Å². The molecule has 0 radical (unpaired) electrons. The third-order valence-corrected chi connectivity index (χ3v) is 16.5. The number of amides is 5. The number of aryl methyl sites for hydroxylation is 8. The summed E-state index contributed by atoms with van der Waals surface area (Å²) in [6.45, 7) is 8.91. The molecule has 1 saturated heterocycles. The number of hydrogen-bond donors (Lipinski definition) is 25. The minimum absolute atomic E-state index is 0.0581. The highest BCUT2D eigenvalue weighted by atomic mass is 16.3. The molecule has 6 aliphatic heterocycles. The normalized spacial score (nSPS) is 15.7. The first-order chi connectivity index (χ1) is 59.3. The van der Waals surface area contributed by atoms with Gasteiger partial charge >= 0.3 is 34.8 Å². The number of aliphatic hydroxyl groups excluding tert-OH is 1. The van der Waals surface area contributed by atoms with Gasteiger partial charge in [-0.25, -0.2) is 63.7 Å². The van der Waals surface area contributed by atoms with Crippen LogP contribution in [0, 0.1) is 37.5 Å². The summed E-state index contributed by atoms with van der Waals surface area (Å²) in [4.78, 5) is 195. The van der Waals surface area contributed by atoms with E-state index in [4.69, 9.17) is 73.3 Å². The van der Waals surface area contributed by atoms with Gasteiger partial charge in [0, 0.05) is 122 Å². The van der Waals surface area contributed by atoms with Gasteiger partial charge in [0.2, 0.25) is 42.0 Å². The maximum absolute atomic E-state index is 11.2. The number of nitrogens with zero attached hydrogens (tertiary/aromatic N) is 23. The Morgan fingerprint density at radius 2 is 1.02 bits per heavy atom. The van der Waals surface area contributed by atoms with Crippen molar-refractivity contribution in [1.82, 2.24) is 164 Å². The van der Waals surface area contributed by atoms with Crippen molar-refractivity contribution in [2.75, 3.05) is 60.0 Å². The number of carbonyl (C=O) groups excluding carboxylic acids is 3. The molecule has 4 atom stereocenters. The number of allylic oxidation sites excluding steroid dienone is 1. The summed E-state index contributed by atoms with van der Waals surface area (Å²) >= 11 is 0. The molecule has 18 heterocycles. The molecule has 59 heteroatoms. The van der Waals surface area contributed by atoms with Gasteiger partial charge < -0.3 is 111 Å². The predicted octanol–water partition coefficient (Wildman–Crippen LogP) is -7.03. The molecule has 35 N–H and O–H groups in total. The summed E-state index contributed by atoms with van der Waals surface area (Å²) in [7, 11) is 12.2. The second-order valence-corrected chi connectivity index (χ2v) is 26.2. The molecule has 12 aromatic rings. The van der Waals surface area contributed by atoms with Crippen LogP contribution in [0.5, 0.6) is 0 Å². The lowest BCUT2D eigenvalue weighted by Gasteiger charge is -2.34. The van der Waals surface area contributed by atoms with Crippen molar-refractivity contribution in [3.63, 3.8) is 0 Å². The van der Waals surface area contributed by atoms with E-state index in [1.807, 2.05) is 46.8 Å². The molecule has 18 rings (SSSR count). The van der Waals surface area contributed by atoms with Gasteiger partial charge in [0.25, 0.3) is 22.2 Å². The number of anilines is 8. The number of nitrogens with one attached hydrogen (secondary N) is 14. The van der Waals surface area contributed by atoms with Crippen LogP contribution in [-0.2, 0) is 40.0 Å². The standard InChI is InChI=1S/C6H8N6.C6H7N5O.2C6H9N5O.2C6H6N4O2.C6H8N2O.2C5H8N4.C5H9N3O.C5H7N3O.C5H6N2O2/c1-12-2-9-3-4(7)10-6(8)11-5(3)12;1-11-2-8-3-4(7)9-6(12)10-5(3)11;1-10-2-3-11-4(7)8-5(12)9-6(10)11;1-10-2-3-11-5(10)8-4(7)9-6(11)12;2*1-10-2-7-3-4(10)8-6(12)9-5(3)11;1-4-2-3-5(9)8-6(4)7;2*1-3-2-8-5(7)9-4(3)6;1-3-5(6)8-4(9)2-7-3;1-3-5(9)8-4(6)2-7-3;1-7-3-2-4(8)6-5(7)9/h2H,1H3,(H4,7,8,10,11);2H,1H3,(H3,7,9,10,12);2-3,6H,1H3,(H3,7,8,9,12);2-3,5H,1H3,(H3,7,8,9,12);2*2H,1H3,(H2,8,9,11,12);2-4H,1H3,(H2,7,8,9);2*2H,1H3,(H4,6,7,8,9);2,4,8-9H,6H2,1H3;2H,1H3,(H3,6,8,9);2-3H,1H3,(H,6,8,9). The van der Waals surface area contributed by atoms with E-state index in [0.29, 0.717) is 74.1 Å². The minimum Gasteiger partial charge on any atom is -0.384 e. The molecule has 6 aliphatic rings. The largest absolute Gasteiger partial charge is 0.384 e. The monoisotopic (exact) mass is 1750 g/mol. The number of aliphatic hydroxyl groups is 1. The summed E-state index contributed by atoms with van der Waals surface area (Å²) in [5, 5.41) is 35.8. The van der Waals surface area contributed by atoms with Gasteiger partial charge in [0.1, 0.15) is 62.9 Å². The van der Waals surface area contributed by atoms with E-state index >= 15 is 0 Å². The van der Waals surface area contributed by atoms with Crippen molar-refractivity contribution in [3.8, 4) is 0 Å². The van der Waals surface area contributed by atoms with E-state index in [1.54, 1.807) is 126 Å². The maximum atomic E-state index is 11.2. The molecular formula is C67H91N47O12. The maximum Gasteiger partial charge on any atom is 0.348 e. The number of H-pyrrole nitrogens is 7. The summed E-state index contributed by atoms with van der Waals surface area (Å²) < 4.78 is 7.82. The number of aromatic amines is 7. The molecule has 12 aromatic heterocycles. The fourth-order valence-electron chi connectivity index (χ4n) is 9.66. The number of nitrogens with two attached hydrogens (primary N) is 10. The molecule has 0 aromatic carbocycles. The number of guanidine groups is 2. The van der Waals surface area contributed by atoms with Crippen LogP contribution in [0.3, 0.4) is 0 Å². The van der Waals surface area contributed by atoms with Crippen molar-refractivity contribution < 1.29 is 19.5 Å². The molecular weight excluding hydrogens is 1660 g/mol. The van der Waals surface area contributed by atoms with E-state index < -0.39 is 34.4 Å². The highest BCUT2D eigenvalue weighted by molar-refractivity contribution is 6.06. The Bertz CT molecular complexity index is 6550. The Morgan fingerprint density at radius 1 is 0.492 bits per heavy atom. The number of nitrogen functional groups attached to an aromatic ring is 8. The molecule has 5 amide bonds. The summed E-state index contributed by atoms with van der Waals surface area (Å²) in [5.74, 6) is 3.22. The third-order valence-electron chi connectivity index (χ3n) is 16.5. The fraction of sp³-hybridized carbons (Fsp3) is 0.239. The van der Waals surface area contributed by atoms with E-state index in [9.17, 15) is 52.7 Å². The number of aromatic nitrogens is 24. The molecule has 0 aliphatic carbocycles. The zero-order chi connectivity index (χ0) is 93.4. The highest BCUT2D eigenvalue weighted by Gasteiger charge is 2.34. The lowest BCUT2D eigenvalue weighted by Crippen LogP contribution is -2.64. The molecule has 4 unspecified atom stereocenters. The van der Waals surface area contributed by atoms with Crippen LogP contribution >= 0.6 is 0 Å². The average Bonchev–Trinajstić information content (AvgIpc) is 1.69. The number of urea groups is 2. The molecule has 0 bridgehead atoms. The van der Waals surface area contributed by atoms with Crippen molar-refractivity contribution in [1.29, 1.82) is 10.8 Å². The van der Waals surface area contributed by atoms with Gasteiger partial charge in [-0.2, -0.15) is 24.9 Å². The smallest absolute Gasteiger partial charge is 0.348 e. The number of hydrogen-bond acceptors (Lipinski definition) is 41. The van der Waals surface area contributed by atoms with Crippen LogP contribution in [0.2, 0.25) is 0 Å². The van der Waals surface area contributed by atoms with Crippen molar-refractivity contribution in [2.24, 2.45) is 62.6 Å². The first-order valence-electron chi connectivity index (χ1n) is 35.9. The number of amidine groups is 1. The van der Waals surface area contributed by atoms with E-state index in [2.05, 4.69) is 131 Å². The Labute approximate surface area is 705 Å². The first-order valence-corrected chi connectivity index (χ1v) is 35.9. The van der Waals surface area contributed by atoms with E-state index in [0.717, 1.165) is 11.1 Å². The number of imidazole rings is 4. The summed E-state index contributed by atoms with van der Waals surface area (Å²) in [6, 6.07) is 0.714. The Morgan fingerprint density at radius 3 is 1.52 bits per heavy atom. The van der Waals surface area contributed by atoms with Crippen molar-refractivity contribution in [2.45, 2.75) is 53.4 Å². The third kappa shape index (κ3) is 26.4. The van der Waals surface area contributed by atoms with Crippen LogP contribution in [0.25, 0.3) is 44.7 Å². The molecule has 0 spiro atoms. The molecule has 0 saturated carbocycles. The SMILES string of the molecule is CC1=C(N)NC(O)C=N1.CC1C=CC(=O)NC1=N.CN1C=CN2C(=N)NC(=O)NC12.CN1C=CN2C(=O)NC(N)=NC12.Cc1cnc(N)nc1N.Cc1cnc(N)nc1N.Cc1ncc(N)[nH]c1=O.Cn1ccc(=O)[nH]c1=O.Cn1cnc2c(=O)[nH]c(=O)[nH]c21.Cn1cnc2c(=O)[nH]c(=O)[nH]c21.Cn1cnc2c(N)[nH]c(=O)nc21.Cn1cnc2c(N)nc(N)nc21. The number of carbonyl (C=O) groups is 3. The van der Waals surface area contributed by atoms with Gasteiger partial charge in [-0.1, -0.05) is 13.0 Å². The van der Waals surface area contributed by atoms with Gasteiger partial charge in [-0.3, -0.25) is 100 Å². The van der Waals surface area contributed by atoms with Crippen LogP contribution in [0.15, 0.2) is 153 Å². The number of aliphatic imine (C=N–C) groups is 2. The minimum atomic E-state index is -0.728. The second-order valence-electron chi connectivity index (χ2n) is 26.2. The van der Waals surface area contributed by atoms with Gasteiger partial charge in [-0.15, -0.1) is 0 Å². The number of fused-ring (bicyclic) bond motifs is 6.